The molecule has 92 valence electrons. The van der Waals surface area contributed by atoms with Gasteiger partial charge in [0.2, 0.25) is 0 Å². The van der Waals surface area contributed by atoms with Crippen molar-refractivity contribution in [2.45, 2.75) is 18.7 Å². The molecule has 0 bridgehead atoms. The minimum Gasteiger partial charge on any atom is -0.480 e. The summed E-state index contributed by atoms with van der Waals surface area (Å²) < 4.78 is 0. The van der Waals surface area contributed by atoms with E-state index in [0.29, 0.717) is 0 Å². The van der Waals surface area contributed by atoms with E-state index in [4.69, 9.17) is 10.2 Å². The molecular weight excluding hydrogens is 226 g/mol. The molecule has 0 saturated heterocycles. The normalized spacial score (nSPS) is 13.9. The maximum atomic E-state index is 10.8. The summed E-state index contributed by atoms with van der Waals surface area (Å²) in [4.78, 5) is 21.3. The molecule has 0 radical (unpaired) electrons. The number of rotatable bonds is 6. The lowest BCUT2D eigenvalue weighted by Gasteiger charge is -2.17. The largest absolute Gasteiger partial charge is 0.480 e. The Labute approximate surface area is 97.5 Å². The third-order valence-corrected chi connectivity index (χ3v) is 2.20. The predicted molar refractivity (Wildman–Crippen MR) is 58.3 cm³/mol. The highest BCUT2D eigenvalue weighted by atomic mass is 16.4. The minimum atomic E-state index is -1.98. The Kier molecular flexibility index (Phi) is 4.62. The van der Waals surface area contributed by atoms with Crippen LogP contribution in [-0.4, -0.2) is 39.4 Å². The molecule has 1 aromatic rings. The molecule has 1 rings (SSSR count). The molecule has 6 nitrogen and oxygen atoms in total. The molecule has 6 heteroatoms. The summed E-state index contributed by atoms with van der Waals surface area (Å²) in [6.07, 6.45) is -1.98. The van der Waals surface area contributed by atoms with Crippen LogP contribution in [0.15, 0.2) is 30.3 Å². The molecule has 0 aliphatic rings. The van der Waals surface area contributed by atoms with Crippen molar-refractivity contribution in [2.24, 2.45) is 0 Å². The van der Waals surface area contributed by atoms with Gasteiger partial charge in [0.25, 0.3) is 0 Å². The number of benzene rings is 1. The summed E-state index contributed by atoms with van der Waals surface area (Å²) in [7, 11) is 0. The number of carboxylic acid groups (broad SMARTS) is 2. The van der Waals surface area contributed by atoms with Crippen LogP contribution in [0.1, 0.15) is 5.56 Å². The second-order valence-electron chi connectivity index (χ2n) is 3.47. The zero-order chi connectivity index (χ0) is 12.8. The zero-order valence-electron chi connectivity index (χ0n) is 8.91. The van der Waals surface area contributed by atoms with Gasteiger partial charge in [-0.3, -0.25) is 10.1 Å². The van der Waals surface area contributed by atoms with Crippen molar-refractivity contribution < 1.29 is 24.9 Å². The predicted octanol–water partition coefficient (Wildman–Crippen LogP) is -0.325. The van der Waals surface area contributed by atoms with Crippen LogP contribution in [0.5, 0.6) is 0 Å². The van der Waals surface area contributed by atoms with E-state index in [1.807, 2.05) is 6.07 Å². The Morgan fingerprint density at radius 2 is 1.71 bits per heavy atom. The molecule has 0 amide bonds. The van der Waals surface area contributed by atoms with Crippen molar-refractivity contribution >= 4 is 11.9 Å². The van der Waals surface area contributed by atoms with Gasteiger partial charge < -0.3 is 15.3 Å². The van der Waals surface area contributed by atoms with Crippen LogP contribution in [0.25, 0.3) is 0 Å². The Hall–Kier alpha value is -1.92. The van der Waals surface area contributed by atoms with Crippen LogP contribution in [0, 0.1) is 0 Å². The molecule has 17 heavy (non-hydrogen) atoms. The summed E-state index contributed by atoms with van der Waals surface area (Å²) in [6.45, 7) is 0.169. The summed E-state index contributed by atoms with van der Waals surface area (Å²) in [5.74, 6) is -2.98. The highest BCUT2D eigenvalue weighted by molar-refractivity contribution is 5.84. The molecule has 0 heterocycles. The number of hydrogen-bond acceptors (Lipinski definition) is 4. The van der Waals surface area contributed by atoms with Crippen molar-refractivity contribution in [2.75, 3.05) is 0 Å². The Morgan fingerprint density at radius 3 is 2.18 bits per heavy atom. The first kappa shape index (κ1) is 13.1. The van der Waals surface area contributed by atoms with Crippen molar-refractivity contribution in [1.29, 1.82) is 0 Å². The smallest absolute Gasteiger partial charge is 0.334 e. The molecule has 0 spiro atoms. The molecule has 0 saturated carbocycles. The van der Waals surface area contributed by atoms with Crippen molar-refractivity contribution in [1.82, 2.24) is 5.32 Å². The third kappa shape index (κ3) is 3.86. The average Bonchev–Trinajstić information content (AvgIpc) is 2.29. The fourth-order valence-electron chi connectivity index (χ4n) is 1.30. The number of carbonyl (C=O) groups is 2. The van der Waals surface area contributed by atoms with Gasteiger partial charge in [-0.1, -0.05) is 30.3 Å². The molecule has 0 fully saturated rings. The van der Waals surface area contributed by atoms with Gasteiger partial charge in [0, 0.05) is 6.54 Å². The van der Waals surface area contributed by atoms with Gasteiger partial charge in [0.05, 0.1) is 0 Å². The van der Waals surface area contributed by atoms with E-state index < -0.39 is 24.1 Å². The maximum absolute atomic E-state index is 10.8. The van der Waals surface area contributed by atoms with Crippen LogP contribution in [-0.2, 0) is 16.1 Å². The summed E-state index contributed by atoms with van der Waals surface area (Å²) in [6, 6.07) is 7.36. The third-order valence-electron chi connectivity index (χ3n) is 2.20. The summed E-state index contributed by atoms with van der Waals surface area (Å²) in [5.41, 5.74) is 0.802. The van der Waals surface area contributed by atoms with Crippen LogP contribution >= 0.6 is 0 Å². The van der Waals surface area contributed by atoms with Gasteiger partial charge >= 0.3 is 11.9 Å². The summed E-state index contributed by atoms with van der Waals surface area (Å²) >= 11 is 0. The monoisotopic (exact) mass is 239 g/mol. The Bertz CT molecular complexity index is 392. The number of nitrogens with one attached hydrogen (secondary N) is 1. The SMILES string of the molecule is O=C(O)C(O)C(NCc1ccccc1)C(=O)O. The molecule has 0 aromatic heterocycles. The van der Waals surface area contributed by atoms with Crippen LogP contribution < -0.4 is 5.32 Å². The van der Waals surface area contributed by atoms with Gasteiger partial charge in [-0.25, -0.2) is 4.79 Å². The lowest BCUT2D eigenvalue weighted by atomic mass is 10.1. The molecule has 0 aliphatic carbocycles. The van der Waals surface area contributed by atoms with Crippen molar-refractivity contribution in [3.8, 4) is 0 Å². The molecule has 4 N–H and O–H groups in total. The van der Waals surface area contributed by atoms with Gasteiger partial charge in [0.15, 0.2) is 6.10 Å². The Balaban J connectivity index is 2.63. The molecule has 1 aromatic carbocycles. The quantitative estimate of drug-likeness (QED) is 0.541. The lowest BCUT2D eigenvalue weighted by Crippen LogP contribution is -2.49. The number of hydrogen-bond donors (Lipinski definition) is 4. The molecular formula is C11H13NO5. The topological polar surface area (TPSA) is 107 Å². The number of aliphatic hydroxyl groups excluding tert-OH is 1. The lowest BCUT2D eigenvalue weighted by molar-refractivity contribution is -0.156. The first-order chi connectivity index (χ1) is 8.02. The van der Waals surface area contributed by atoms with E-state index in [2.05, 4.69) is 5.32 Å². The van der Waals surface area contributed by atoms with Gasteiger partial charge in [-0.05, 0) is 5.56 Å². The zero-order valence-corrected chi connectivity index (χ0v) is 8.91. The standard InChI is InChI=1S/C11H13NO5/c13-9(11(16)17)8(10(14)15)12-6-7-4-2-1-3-5-7/h1-5,8-9,12-13H,6H2,(H,14,15)(H,16,17). The minimum absolute atomic E-state index is 0.169. The molecule has 2 unspecified atom stereocenters. The first-order valence-electron chi connectivity index (χ1n) is 4.93. The fourth-order valence-corrected chi connectivity index (χ4v) is 1.30. The van der Waals surface area contributed by atoms with E-state index in [1.165, 1.54) is 0 Å². The van der Waals surface area contributed by atoms with Gasteiger partial charge in [0.1, 0.15) is 6.04 Å². The molecule has 0 aliphatic heterocycles. The van der Waals surface area contributed by atoms with E-state index >= 15 is 0 Å². The van der Waals surface area contributed by atoms with Crippen LogP contribution in [0.4, 0.5) is 0 Å². The Morgan fingerprint density at radius 1 is 1.12 bits per heavy atom. The van der Waals surface area contributed by atoms with Crippen LogP contribution in [0.2, 0.25) is 0 Å². The fraction of sp³-hybridized carbons (Fsp3) is 0.273. The highest BCUT2D eigenvalue weighted by Crippen LogP contribution is 2.01. The second kappa shape index (κ2) is 5.97. The van der Waals surface area contributed by atoms with E-state index in [1.54, 1.807) is 24.3 Å². The van der Waals surface area contributed by atoms with Gasteiger partial charge in [-0.15, -0.1) is 0 Å². The highest BCUT2D eigenvalue weighted by Gasteiger charge is 2.31. The summed E-state index contributed by atoms with van der Waals surface area (Å²) in [5, 5.41) is 29.0. The second-order valence-corrected chi connectivity index (χ2v) is 3.47. The van der Waals surface area contributed by atoms with Gasteiger partial charge in [-0.2, -0.15) is 0 Å². The number of carboxylic acids is 2. The van der Waals surface area contributed by atoms with Crippen molar-refractivity contribution in [3.63, 3.8) is 0 Å². The first-order valence-corrected chi connectivity index (χ1v) is 4.93. The van der Waals surface area contributed by atoms with Crippen LogP contribution in [0.3, 0.4) is 0 Å². The average molecular weight is 239 g/mol. The van der Waals surface area contributed by atoms with E-state index in [9.17, 15) is 14.7 Å². The van der Waals surface area contributed by atoms with Crippen molar-refractivity contribution in [3.05, 3.63) is 35.9 Å². The van der Waals surface area contributed by atoms with E-state index in [0.717, 1.165) is 5.56 Å². The number of aliphatic hydroxyl groups is 1. The maximum Gasteiger partial charge on any atom is 0.334 e. The molecule has 2 atom stereocenters. The van der Waals surface area contributed by atoms with E-state index in [-0.39, 0.29) is 6.54 Å². The number of aliphatic carboxylic acids is 2.